The Morgan fingerprint density at radius 2 is 2.07 bits per heavy atom. The number of aliphatic hydroxyl groups excluding tert-OH is 1. The third-order valence-electron chi connectivity index (χ3n) is 2.37. The summed E-state index contributed by atoms with van der Waals surface area (Å²) >= 11 is 0. The van der Waals surface area contributed by atoms with Crippen LogP contribution in [0.25, 0.3) is 0 Å². The van der Waals surface area contributed by atoms with Gasteiger partial charge in [-0.25, -0.2) is 0 Å². The Morgan fingerprint density at radius 1 is 1.47 bits per heavy atom. The number of amides is 1. The monoisotopic (exact) mass is 218 g/mol. The molecule has 3 N–H and O–H groups in total. The normalized spacial score (nSPS) is 16.5. The molecule has 0 bridgehead atoms. The standard InChI is InChI=1S/C9H18N2O2.C2H6.H2/c12-6-5-11-9(13)7-8-1-3-10-4-2-8;1-2;/h8,10,12H,1-7H2,(H,11,13);1-2H3;1H. The summed E-state index contributed by atoms with van der Waals surface area (Å²) in [7, 11) is 0. The van der Waals surface area contributed by atoms with Crippen LogP contribution in [-0.2, 0) is 4.79 Å². The molecule has 4 heteroatoms. The fourth-order valence-corrected chi connectivity index (χ4v) is 1.62. The Hall–Kier alpha value is -0.610. The van der Waals surface area contributed by atoms with Gasteiger partial charge in [0, 0.05) is 14.4 Å². The molecule has 1 rings (SSSR count). The van der Waals surface area contributed by atoms with Crippen molar-refractivity contribution in [3.63, 3.8) is 0 Å². The molecule has 1 aliphatic rings. The molecule has 1 aliphatic heterocycles. The van der Waals surface area contributed by atoms with Crippen molar-refractivity contribution >= 4 is 5.91 Å². The molecule has 0 unspecified atom stereocenters. The Labute approximate surface area is 93.9 Å². The first-order valence-electron chi connectivity index (χ1n) is 5.91. The number of piperidine rings is 1. The van der Waals surface area contributed by atoms with E-state index >= 15 is 0 Å². The van der Waals surface area contributed by atoms with E-state index in [2.05, 4.69) is 10.6 Å². The summed E-state index contributed by atoms with van der Waals surface area (Å²) in [4.78, 5) is 11.2. The average Bonchev–Trinajstić information content (AvgIpc) is 2.30. The van der Waals surface area contributed by atoms with Crippen molar-refractivity contribution in [2.45, 2.75) is 33.1 Å². The zero-order valence-electron chi connectivity index (χ0n) is 9.88. The highest BCUT2D eigenvalue weighted by molar-refractivity contribution is 5.76. The number of hydrogen-bond donors (Lipinski definition) is 3. The summed E-state index contributed by atoms with van der Waals surface area (Å²) in [5, 5.41) is 14.4. The molecule has 0 spiro atoms. The van der Waals surface area contributed by atoms with E-state index in [9.17, 15) is 4.79 Å². The van der Waals surface area contributed by atoms with Gasteiger partial charge in [-0.05, 0) is 31.8 Å². The van der Waals surface area contributed by atoms with Gasteiger partial charge in [-0.15, -0.1) is 0 Å². The van der Waals surface area contributed by atoms with E-state index in [4.69, 9.17) is 5.11 Å². The van der Waals surface area contributed by atoms with Crippen molar-refractivity contribution in [2.24, 2.45) is 5.92 Å². The highest BCUT2D eigenvalue weighted by Gasteiger charge is 2.15. The summed E-state index contributed by atoms with van der Waals surface area (Å²) in [6.07, 6.45) is 2.79. The van der Waals surface area contributed by atoms with Gasteiger partial charge in [0.1, 0.15) is 0 Å². The summed E-state index contributed by atoms with van der Waals surface area (Å²) < 4.78 is 0. The van der Waals surface area contributed by atoms with Gasteiger partial charge < -0.3 is 15.7 Å². The molecule has 0 aliphatic carbocycles. The van der Waals surface area contributed by atoms with Gasteiger partial charge in [0.25, 0.3) is 0 Å². The van der Waals surface area contributed by atoms with E-state index < -0.39 is 0 Å². The summed E-state index contributed by atoms with van der Waals surface area (Å²) in [6.45, 7) is 6.46. The Balaban J connectivity index is 0. The van der Waals surface area contributed by atoms with Crippen molar-refractivity contribution in [1.82, 2.24) is 10.6 Å². The molecule has 0 aromatic heterocycles. The van der Waals surface area contributed by atoms with Gasteiger partial charge in [0.2, 0.25) is 5.91 Å². The van der Waals surface area contributed by atoms with Crippen LogP contribution in [0.3, 0.4) is 0 Å². The molecular formula is C11H26N2O2. The highest BCUT2D eigenvalue weighted by atomic mass is 16.3. The second-order valence-electron chi connectivity index (χ2n) is 3.47. The van der Waals surface area contributed by atoms with E-state index in [1.54, 1.807) is 0 Å². The van der Waals surface area contributed by atoms with E-state index in [0.717, 1.165) is 25.9 Å². The molecule has 4 nitrogen and oxygen atoms in total. The highest BCUT2D eigenvalue weighted by Crippen LogP contribution is 2.15. The smallest absolute Gasteiger partial charge is 0.220 e. The molecular weight excluding hydrogens is 192 g/mol. The lowest BCUT2D eigenvalue weighted by Gasteiger charge is -2.21. The van der Waals surface area contributed by atoms with Crippen LogP contribution in [0.4, 0.5) is 0 Å². The van der Waals surface area contributed by atoms with Gasteiger partial charge in [-0.2, -0.15) is 0 Å². The molecule has 0 aromatic rings. The number of rotatable bonds is 4. The van der Waals surface area contributed by atoms with Crippen LogP contribution in [0.2, 0.25) is 0 Å². The molecule has 1 fully saturated rings. The lowest BCUT2D eigenvalue weighted by atomic mass is 9.94. The topological polar surface area (TPSA) is 61.4 Å². The lowest BCUT2D eigenvalue weighted by Crippen LogP contribution is -2.33. The first-order valence-corrected chi connectivity index (χ1v) is 5.91. The predicted molar refractivity (Wildman–Crippen MR) is 63.8 cm³/mol. The fraction of sp³-hybridized carbons (Fsp3) is 0.909. The molecule has 1 heterocycles. The van der Waals surface area contributed by atoms with Crippen molar-refractivity contribution in [1.29, 1.82) is 0 Å². The molecule has 0 atom stereocenters. The quantitative estimate of drug-likeness (QED) is 0.653. The number of carbonyl (C=O) groups is 1. The number of nitrogens with one attached hydrogen (secondary N) is 2. The van der Waals surface area contributed by atoms with E-state index in [1.165, 1.54) is 0 Å². The molecule has 15 heavy (non-hydrogen) atoms. The number of aliphatic hydroxyl groups is 1. The lowest BCUT2D eigenvalue weighted by molar-refractivity contribution is -0.122. The van der Waals surface area contributed by atoms with Gasteiger partial charge in [-0.1, -0.05) is 13.8 Å². The zero-order valence-corrected chi connectivity index (χ0v) is 9.88. The maximum absolute atomic E-state index is 11.2. The average molecular weight is 218 g/mol. The van der Waals surface area contributed by atoms with Crippen LogP contribution in [0.15, 0.2) is 0 Å². The maximum atomic E-state index is 11.2. The third kappa shape index (κ3) is 7.33. The second-order valence-corrected chi connectivity index (χ2v) is 3.47. The number of carbonyl (C=O) groups excluding carboxylic acids is 1. The molecule has 1 amide bonds. The summed E-state index contributed by atoms with van der Waals surface area (Å²) in [5.74, 6) is 0.598. The van der Waals surface area contributed by atoms with Crippen molar-refractivity contribution in [3.8, 4) is 0 Å². The maximum Gasteiger partial charge on any atom is 0.220 e. The fourth-order valence-electron chi connectivity index (χ4n) is 1.62. The minimum absolute atomic E-state index is 0. The number of hydrogen-bond acceptors (Lipinski definition) is 3. The van der Waals surface area contributed by atoms with E-state index in [0.29, 0.717) is 18.9 Å². The molecule has 0 saturated carbocycles. The first-order chi connectivity index (χ1) is 7.33. The van der Waals surface area contributed by atoms with Crippen LogP contribution in [-0.4, -0.2) is 37.3 Å². The van der Waals surface area contributed by atoms with E-state index in [-0.39, 0.29) is 13.9 Å². The SMILES string of the molecule is CC.O=C(CC1CCNCC1)NCCO.[HH]. The third-order valence-corrected chi connectivity index (χ3v) is 2.37. The van der Waals surface area contributed by atoms with Crippen LogP contribution in [0, 0.1) is 5.92 Å². The Bertz CT molecular complexity index is 162. The van der Waals surface area contributed by atoms with Gasteiger partial charge >= 0.3 is 0 Å². The van der Waals surface area contributed by atoms with Crippen molar-refractivity contribution < 1.29 is 11.3 Å². The minimum atomic E-state index is 0. The van der Waals surface area contributed by atoms with Crippen LogP contribution in [0.1, 0.15) is 34.5 Å². The molecule has 0 radical (unpaired) electrons. The van der Waals surface area contributed by atoms with E-state index in [1.807, 2.05) is 13.8 Å². The first kappa shape index (κ1) is 14.4. The Kier molecular flexibility index (Phi) is 9.52. The summed E-state index contributed by atoms with van der Waals surface area (Å²) in [5.41, 5.74) is 0. The molecule has 92 valence electrons. The van der Waals surface area contributed by atoms with Gasteiger partial charge in [-0.3, -0.25) is 4.79 Å². The van der Waals surface area contributed by atoms with Crippen LogP contribution >= 0.6 is 0 Å². The van der Waals surface area contributed by atoms with Gasteiger partial charge in [0.05, 0.1) is 6.61 Å². The predicted octanol–water partition coefficient (Wildman–Crippen LogP) is 0.757. The minimum Gasteiger partial charge on any atom is -0.395 e. The zero-order chi connectivity index (χ0) is 11.5. The van der Waals surface area contributed by atoms with Gasteiger partial charge in [0.15, 0.2) is 0 Å². The molecule has 1 saturated heterocycles. The summed E-state index contributed by atoms with van der Waals surface area (Å²) in [6, 6.07) is 0. The van der Waals surface area contributed by atoms with Crippen molar-refractivity contribution in [3.05, 3.63) is 0 Å². The Morgan fingerprint density at radius 3 is 2.60 bits per heavy atom. The van der Waals surface area contributed by atoms with Crippen LogP contribution in [0.5, 0.6) is 0 Å². The second kappa shape index (κ2) is 9.93. The molecule has 0 aromatic carbocycles. The van der Waals surface area contributed by atoms with Crippen LogP contribution < -0.4 is 10.6 Å². The van der Waals surface area contributed by atoms with Crippen molar-refractivity contribution in [2.75, 3.05) is 26.2 Å². The largest absolute Gasteiger partial charge is 0.395 e.